The van der Waals surface area contributed by atoms with Crippen molar-refractivity contribution in [3.8, 4) is 0 Å². The van der Waals surface area contributed by atoms with Gasteiger partial charge in [0.1, 0.15) is 6.10 Å². The van der Waals surface area contributed by atoms with Gasteiger partial charge in [-0.2, -0.15) is 0 Å². The number of hydrogen-bond acceptors (Lipinski definition) is 2. The predicted octanol–water partition coefficient (Wildman–Crippen LogP) is 2.03. The normalized spacial score (nSPS) is 20.4. The van der Waals surface area contributed by atoms with Gasteiger partial charge in [0.25, 0.3) is 0 Å². The van der Waals surface area contributed by atoms with Crippen LogP contribution in [0.2, 0.25) is 0 Å². The Labute approximate surface area is 83.1 Å². The zero-order valence-corrected chi connectivity index (χ0v) is 8.12. The van der Waals surface area contributed by atoms with Gasteiger partial charge in [-0.25, -0.2) is 4.79 Å². The van der Waals surface area contributed by atoms with Crippen molar-refractivity contribution in [1.82, 2.24) is 5.32 Å². The van der Waals surface area contributed by atoms with Gasteiger partial charge < -0.3 is 10.1 Å². The van der Waals surface area contributed by atoms with Gasteiger partial charge in [0, 0.05) is 0 Å². The van der Waals surface area contributed by atoms with E-state index in [0.29, 0.717) is 6.54 Å². The lowest BCUT2D eigenvalue weighted by Crippen LogP contribution is -2.12. The molecule has 0 spiro atoms. The fourth-order valence-electron chi connectivity index (χ4n) is 1.59. The number of ether oxygens (including phenoxy) is 1. The molecule has 1 fully saturated rings. The van der Waals surface area contributed by atoms with Crippen molar-refractivity contribution in [3.63, 3.8) is 0 Å². The highest BCUT2D eigenvalue weighted by atomic mass is 16.6. The average Bonchev–Trinajstić information content (AvgIpc) is 2.65. The number of alkyl carbamates (subject to hydrolysis) is 1. The van der Waals surface area contributed by atoms with Gasteiger partial charge >= 0.3 is 6.09 Å². The lowest BCUT2D eigenvalue weighted by molar-refractivity contribution is 0.141. The molecule has 0 saturated carbocycles. The fourth-order valence-corrected chi connectivity index (χ4v) is 1.59. The van der Waals surface area contributed by atoms with E-state index in [1.54, 1.807) is 0 Å². The van der Waals surface area contributed by atoms with Crippen LogP contribution in [-0.4, -0.2) is 12.6 Å². The Balaban J connectivity index is 2.19. The van der Waals surface area contributed by atoms with Crippen LogP contribution in [0.3, 0.4) is 0 Å². The topological polar surface area (TPSA) is 38.3 Å². The Bertz CT molecular complexity index is 349. The van der Waals surface area contributed by atoms with Crippen molar-refractivity contribution in [2.75, 3.05) is 6.54 Å². The molecular formula is C11H13NO2. The van der Waals surface area contributed by atoms with Crippen LogP contribution in [0.25, 0.3) is 0 Å². The van der Waals surface area contributed by atoms with Crippen molar-refractivity contribution in [2.45, 2.75) is 19.4 Å². The fraction of sp³-hybridized carbons (Fsp3) is 0.364. The largest absolute Gasteiger partial charge is 0.439 e. The minimum Gasteiger partial charge on any atom is -0.439 e. The maximum absolute atomic E-state index is 10.8. The molecule has 1 unspecified atom stereocenters. The van der Waals surface area contributed by atoms with Crippen molar-refractivity contribution in [2.24, 2.45) is 0 Å². The molecule has 1 N–H and O–H groups in total. The van der Waals surface area contributed by atoms with Gasteiger partial charge in [-0.15, -0.1) is 0 Å². The Kier molecular flexibility index (Phi) is 2.39. The van der Waals surface area contributed by atoms with Gasteiger partial charge in [0.2, 0.25) is 0 Å². The van der Waals surface area contributed by atoms with E-state index >= 15 is 0 Å². The molecule has 3 nitrogen and oxygen atoms in total. The van der Waals surface area contributed by atoms with E-state index in [4.69, 9.17) is 4.74 Å². The number of nitrogens with one attached hydrogen (secondary N) is 1. The molecule has 2 rings (SSSR count). The van der Waals surface area contributed by atoms with E-state index in [1.165, 1.54) is 5.56 Å². The molecule has 0 aliphatic carbocycles. The first kappa shape index (κ1) is 9.06. The number of hydrogen-bond donors (Lipinski definition) is 1. The second-order valence-corrected chi connectivity index (χ2v) is 3.37. The van der Waals surface area contributed by atoms with Crippen LogP contribution in [0, 0.1) is 0 Å². The van der Waals surface area contributed by atoms with Gasteiger partial charge in [-0.1, -0.05) is 31.2 Å². The molecule has 1 atom stereocenters. The maximum Gasteiger partial charge on any atom is 0.407 e. The van der Waals surface area contributed by atoms with Gasteiger partial charge in [0.05, 0.1) is 6.54 Å². The van der Waals surface area contributed by atoms with E-state index in [-0.39, 0.29) is 12.2 Å². The van der Waals surface area contributed by atoms with Crippen molar-refractivity contribution in [1.29, 1.82) is 0 Å². The van der Waals surface area contributed by atoms with Crippen LogP contribution in [0.15, 0.2) is 24.3 Å². The Morgan fingerprint density at radius 2 is 2.43 bits per heavy atom. The average molecular weight is 191 g/mol. The number of carbonyl (C=O) groups excluding carboxylic acids is 1. The summed E-state index contributed by atoms with van der Waals surface area (Å²) in [6.45, 7) is 2.68. The van der Waals surface area contributed by atoms with Gasteiger partial charge in [-0.3, -0.25) is 0 Å². The molecule has 1 saturated heterocycles. The lowest BCUT2D eigenvalue weighted by atomic mass is 10.0. The molecule has 1 aromatic rings. The monoisotopic (exact) mass is 191 g/mol. The lowest BCUT2D eigenvalue weighted by Gasteiger charge is -2.08. The maximum atomic E-state index is 10.8. The Morgan fingerprint density at radius 3 is 3.07 bits per heavy atom. The summed E-state index contributed by atoms with van der Waals surface area (Å²) in [5, 5.41) is 2.64. The highest BCUT2D eigenvalue weighted by Gasteiger charge is 2.23. The molecule has 1 aromatic carbocycles. The molecule has 1 aliphatic rings. The van der Waals surface area contributed by atoms with Crippen LogP contribution in [-0.2, 0) is 11.2 Å². The van der Waals surface area contributed by atoms with Crippen LogP contribution in [0.1, 0.15) is 24.2 Å². The van der Waals surface area contributed by atoms with Gasteiger partial charge in [-0.05, 0) is 17.5 Å². The number of rotatable bonds is 2. The number of benzene rings is 1. The molecule has 0 bridgehead atoms. The highest BCUT2D eigenvalue weighted by Crippen LogP contribution is 2.21. The van der Waals surface area contributed by atoms with E-state index in [0.717, 1.165) is 12.0 Å². The third kappa shape index (κ3) is 1.71. The van der Waals surface area contributed by atoms with E-state index < -0.39 is 0 Å². The first-order valence-corrected chi connectivity index (χ1v) is 4.83. The number of aryl methyl sites for hydroxylation is 1. The van der Waals surface area contributed by atoms with Gasteiger partial charge in [0.15, 0.2) is 0 Å². The molecule has 1 amide bonds. The standard InChI is InChI=1S/C11H13NO2/c1-2-8-4-3-5-9(6-8)10-7-12-11(13)14-10/h3-6,10H,2,7H2,1H3,(H,12,13). The number of amides is 1. The Hall–Kier alpha value is -1.51. The zero-order chi connectivity index (χ0) is 9.97. The summed E-state index contributed by atoms with van der Waals surface area (Å²) in [6, 6.07) is 8.16. The summed E-state index contributed by atoms with van der Waals surface area (Å²) in [6.07, 6.45) is 0.563. The summed E-state index contributed by atoms with van der Waals surface area (Å²) in [5.41, 5.74) is 2.34. The van der Waals surface area contributed by atoms with Crippen LogP contribution in [0.5, 0.6) is 0 Å². The third-order valence-corrected chi connectivity index (χ3v) is 2.41. The first-order valence-electron chi connectivity index (χ1n) is 4.83. The molecule has 1 aliphatic heterocycles. The highest BCUT2D eigenvalue weighted by molar-refractivity contribution is 5.69. The third-order valence-electron chi connectivity index (χ3n) is 2.41. The van der Waals surface area contributed by atoms with Crippen molar-refractivity contribution >= 4 is 6.09 Å². The minimum atomic E-state index is -0.322. The number of carbonyl (C=O) groups is 1. The smallest absolute Gasteiger partial charge is 0.407 e. The molecule has 14 heavy (non-hydrogen) atoms. The van der Waals surface area contributed by atoms with Crippen molar-refractivity contribution in [3.05, 3.63) is 35.4 Å². The first-order chi connectivity index (χ1) is 6.79. The van der Waals surface area contributed by atoms with E-state index in [9.17, 15) is 4.79 Å². The van der Waals surface area contributed by atoms with Crippen LogP contribution < -0.4 is 5.32 Å². The summed E-state index contributed by atoms with van der Waals surface area (Å²) < 4.78 is 5.10. The van der Waals surface area contributed by atoms with E-state index in [1.807, 2.05) is 12.1 Å². The molecular weight excluding hydrogens is 178 g/mol. The van der Waals surface area contributed by atoms with Crippen LogP contribution in [0.4, 0.5) is 4.79 Å². The van der Waals surface area contributed by atoms with Crippen LogP contribution >= 0.6 is 0 Å². The number of cyclic esters (lactones) is 1. The SMILES string of the molecule is CCc1cccc(C2CNC(=O)O2)c1. The predicted molar refractivity (Wildman–Crippen MR) is 53.0 cm³/mol. The zero-order valence-electron chi connectivity index (χ0n) is 8.12. The summed E-state index contributed by atoms with van der Waals surface area (Å²) in [4.78, 5) is 10.8. The second kappa shape index (κ2) is 3.70. The molecule has 74 valence electrons. The quantitative estimate of drug-likeness (QED) is 0.776. The van der Waals surface area contributed by atoms with Crippen molar-refractivity contribution < 1.29 is 9.53 Å². The molecule has 1 heterocycles. The summed E-state index contributed by atoms with van der Waals surface area (Å²) >= 11 is 0. The Morgan fingerprint density at radius 1 is 1.57 bits per heavy atom. The van der Waals surface area contributed by atoms with E-state index in [2.05, 4.69) is 24.4 Å². The molecule has 0 aromatic heterocycles. The minimum absolute atomic E-state index is 0.117. The molecule has 3 heteroatoms. The molecule has 0 radical (unpaired) electrons. The second-order valence-electron chi connectivity index (χ2n) is 3.37. The summed E-state index contributed by atoms with van der Waals surface area (Å²) in [7, 11) is 0. The summed E-state index contributed by atoms with van der Waals surface area (Å²) in [5.74, 6) is 0.